The lowest BCUT2D eigenvalue weighted by atomic mass is 9.80. The van der Waals surface area contributed by atoms with Crippen molar-refractivity contribution >= 4 is 17.9 Å². The summed E-state index contributed by atoms with van der Waals surface area (Å²) in [6, 6.07) is 6.28. The van der Waals surface area contributed by atoms with Crippen molar-refractivity contribution in [3.63, 3.8) is 0 Å². The summed E-state index contributed by atoms with van der Waals surface area (Å²) < 4.78 is 19.1. The predicted molar refractivity (Wildman–Crippen MR) is 143 cm³/mol. The number of halogens is 1. The number of rotatable bonds is 6. The molecule has 0 aromatic heterocycles. The summed E-state index contributed by atoms with van der Waals surface area (Å²) in [5.41, 5.74) is -0.152. The number of hydrogen-bond acceptors (Lipinski definition) is 6. The fourth-order valence-electron chi connectivity index (χ4n) is 6.19. The van der Waals surface area contributed by atoms with Gasteiger partial charge in [0.15, 0.2) is 0 Å². The molecule has 4 rings (SSSR count). The molecule has 39 heavy (non-hydrogen) atoms. The number of piperazine rings is 1. The number of hydrogen-bond donors (Lipinski definition) is 1. The van der Waals surface area contributed by atoms with Gasteiger partial charge in [-0.1, -0.05) is 32.9 Å². The highest BCUT2D eigenvalue weighted by Gasteiger charge is 2.54. The van der Waals surface area contributed by atoms with Crippen molar-refractivity contribution in [3.8, 4) is 6.07 Å². The molecule has 1 N–H and O–H groups in total. The zero-order chi connectivity index (χ0) is 28.7. The van der Waals surface area contributed by atoms with Crippen LogP contribution in [-0.4, -0.2) is 82.0 Å². The molecule has 2 bridgehead atoms. The maximum absolute atomic E-state index is 13.8. The van der Waals surface area contributed by atoms with Crippen molar-refractivity contribution in [1.29, 1.82) is 5.26 Å². The van der Waals surface area contributed by atoms with E-state index >= 15 is 0 Å². The van der Waals surface area contributed by atoms with Gasteiger partial charge in [0.1, 0.15) is 23.5 Å². The molecule has 9 nitrogen and oxygen atoms in total. The predicted octanol–water partition coefficient (Wildman–Crippen LogP) is 3.61. The monoisotopic (exact) mass is 541 g/mol. The average molecular weight is 542 g/mol. The highest BCUT2D eigenvalue weighted by atomic mass is 19.1. The van der Waals surface area contributed by atoms with E-state index in [4.69, 9.17) is 4.74 Å². The quantitative estimate of drug-likeness (QED) is 0.590. The first-order chi connectivity index (χ1) is 18.2. The number of fused-ring (bicyclic) bond motifs is 2. The van der Waals surface area contributed by atoms with E-state index in [0.29, 0.717) is 25.9 Å². The number of amides is 3. The standard InChI is InChI=1S/C29H40FN5O4/c1-28(2,3)24(18-9-11-19(30)12-10-18)35-21-14-23(26(35)37)33(16-21)17-22(32-27(38)39-29(4,5)6)25(36)34-13-7-8-20(34)15-31/h9-12,20-24H,7-8,13-14,16-17H2,1-6H3,(H,32,38)/t20-,21?,22-,23-,24?/m0/s1. The molecule has 1 aromatic carbocycles. The Bertz CT molecular complexity index is 1140. The zero-order valence-electron chi connectivity index (χ0n) is 23.7. The van der Waals surface area contributed by atoms with E-state index in [2.05, 4.69) is 32.2 Å². The van der Waals surface area contributed by atoms with Crippen molar-refractivity contribution in [1.82, 2.24) is 20.0 Å². The van der Waals surface area contributed by atoms with Gasteiger partial charge >= 0.3 is 6.09 Å². The van der Waals surface area contributed by atoms with E-state index in [1.54, 1.807) is 32.9 Å². The average Bonchev–Trinajstić information content (AvgIpc) is 3.53. The molecule has 0 spiro atoms. The molecule has 5 atom stereocenters. The number of nitrogens with one attached hydrogen (secondary N) is 1. The second-order valence-electron chi connectivity index (χ2n) is 12.9. The molecule has 3 heterocycles. The molecule has 3 amide bonds. The maximum Gasteiger partial charge on any atom is 0.408 e. The van der Waals surface area contributed by atoms with Crippen LogP contribution in [0.1, 0.15) is 72.4 Å². The van der Waals surface area contributed by atoms with Gasteiger partial charge in [-0.3, -0.25) is 14.5 Å². The van der Waals surface area contributed by atoms with Crippen LogP contribution in [0.15, 0.2) is 24.3 Å². The molecule has 0 radical (unpaired) electrons. The van der Waals surface area contributed by atoms with Crippen LogP contribution in [0.2, 0.25) is 0 Å². The molecule has 10 heteroatoms. The Balaban J connectivity index is 1.54. The summed E-state index contributed by atoms with van der Waals surface area (Å²) in [5, 5.41) is 12.2. The van der Waals surface area contributed by atoms with Gasteiger partial charge in [0.2, 0.25) is 11.8 Å². The number of likely N-dealkylation sites (tertiary alicyclic amines) is 3. The van der Waals surface area contributed by atoms with Crippen molar-refractivity contribution < 1.29 is 23.5 Å². The van der Waals surface area contributed by atoms with Crippen molar-refractivity contribution in [2.24, 2.45) is 5.41 Å². The van der Waals surface area contributed by atoms with Gasteiger partial charge in [-0.15, -0.1) is 0 Å². The molecule has 3 aliphatic heterocycles. The summed E-state index contributed by atoms with van der Waals surface area (Å²) in [7, 11) is 0. The first kappa shape index (κ1) is 28.8. The third kappa shape index (κ3) is 6.19. The number of benzene rings is 1. The Morgan fingerprint density at radius 3 is 2.41 bits per heavy atom. The topological polar surface area (TPSA) is 106 Å². The first-order valence-corrected chi connectivity index (χ1v) is 13.7. The van der Waals surface area contributed by atoms with Crippen molar-refractivity contribution in [2.45, 2.75) is 96.6 Å². The summed E-state index contributed by atoms with van der Waals surface area (Å²) >= 11 is 0. The van der Waals surface area contributed by atoms with E-state index in [0.717, 1.165) is 12.0 Å². The summed E-state index contributed by atoms with van der Waals surface area (Å²) in [6.07, 6.45) is 1.23. The molecule has 212 valence electrons. The minimum atomic E-state index is -0.954. The van der Waals surface area contributed by atoms with E-state index in [-0.39, 0.29) is 41.7 Å². The number of nitriles is 1. The highest BCUT2D eigenvalue weighted by molar-refractivity contribution is 5.88. The molecule has 2 unspecified atom stereocenters. The smallest absolute Gasteiger partial charge is 0.408 e. The lowest BCUT2D eigenvalue weighted by Gasteiger charge is -2.45. The number of ether oxygens (including phenoxy) is 1. The lowest BCUT2D eigenvalue weighted by molar-refractivity contribution is -0.144. The lowest BCUT2D eigenvalue weighted by Crippen LogP contribution is -2.59. The van der Waals surface area contributed by atoms with Crippen LogP contribution >= 0.6 is 0 Å². The molecule has 1 aromatic rings. The van der Waals surface area contributed by atoms with Gasteiger partial charge in [-0.2, -0.15) is 5.26 Å². The SMILES string of the molecule is CC(C)(C)OC(=O)N[C@@H](CN1CC2C[C@H]1C(=O)N2C(c1ccc(F)cc1)C(C)(C)C)C(=O)N1CCC[C@H]1C#N. The van der Waals surface area contributed by atoms with Crippen LogP contribution in [-0.2, 0) is 14.3 Å². The van der Waals surface area contributed by atoms with Gasteiger partial charge in [-0.25, -0.2) is 9.18 Å². The maximum atomic E-state index is 13.8. The molecule has 0 aliphatic carbocycles. The first-order valence-electron chi connectivity index (χ1n) is 13.7. The molecule has 3 saturated heterocycles. The minimum Gasteiger partial charge on any atom is -0.444 e. The second-order valence-corrected chi connectivity index (χ2v) is 12.9. The molecule has 3 aliphatic rings. The van der Waals surface area contributed by atoms with Gasteiger partial charge in [0.25, 0.3) is 0 Å². The fraction of sp³-hybridized carbons (Fsp3) is 0.655. The fourth-order valence-corrected chi connectivity index (χ4v) is 6.19. The van der Waals surface area contributed by atoms with Crippen LogP contribution in [0.25, 0.3) is 0 Å². The Hall–Kier alpha value is -3.19. The van der Waals surface area contributed by atoms with Crippen LogP contribution in [0.4, 0.5) is 9.18 Å². The van der Waals surface area contributed by atoms with Crippen molar-refractivity contribution in [2.75, 3.05) is 19.6 Å². The number of alkyl carbamates (subject to hydrolysis) is 1. The van der Waals surface area contributed by atoms with Crippen LogP contribution < -0.4 is 5.32 Å². The molecular weight excluding hydrogens is 501 g/mol. The Kier molecular flexibility index (Phi) is 7.95. The third-order valence-corrected chi connectivity index (χ3v) is 7.69. The van der Waals surface area contributed by atoms with Crippen LogP contribution in [0.3, 0.4) is 0 Å². The van der Waals surface area contributed by atoms with Crippen LogP contribution in [0.5, 0.6) is 0 Å². The second kappa shape index (κ2) is 10.8. The van der Waals surface area contributed by atoms with Crippen molar-refractivity contribution in [3.05, 3.63) is 35.6 Å². The third-order valence-electron chi connectivity index (χ3n) is 7.69. The number of carbonyl (C=O) groups is 3. The van der Waals surface area contributed by atoms with Gasteiger partial charge in [-0.05, 0) is 63.1 Å². The van der Waals surface area contributed by atoms with E-state index in [1.807, 2.05) is 9.80 Å². The number of nitrogens with zero attached hydrogens (tertiary/aromatic N) is 4. The zero-order valence-corrected chi connectivity index (χ0v) is 23.7. The van der Waals surface area contributed by atoms with Gasteiger partial charge < -0.3 is 19.9 Å². The molecular formula is C29H40FN5O4. The Morgan fingerprint density at radius 2 is 1.85 bits per heavy atom. The van der Waals surface area contributed by atoms with E-state index < -0.39 is 29.8 Å². The summed E-state index contributed by atoms with van der Waals surface area (Å²) in [5.74, 6) is -0.692. The van der Waals surface area contributed by atoms with E-state index in [1.165, 1.54) is 17.0 Å². The Morgan fingerprint density at radius 1 is 1.18 bits per heavy atom. The number of carbonyl (C=O) groups excluding carboxylic acids is 3. The van der Waals surface area contributed by atoms with Crippen LogP contribution in [0, 0.1) is 22.6 Å². The normalized spacial score (nSPS) is 25.0. The van der Waals surface area contributed by atoms with E-state index in [9.17, 15) is 24.0 Å². The Labute approximate surface area is 230 Å². The van der Waals surface area contributed by atoms with Gasteiger partial charge in [0.05, 0.1) is 18.2 Å². The summed E-state index contributed by atoms with van der Waals surface area (Å²) in [6.45, 7) is 12.6. The summed E-state index contributed by atoms with van der Waals surface area (Å²) in [4.78, 5) is 45.4. The minimum absolute atomic E-state index is 0.0324. The molecule has 0 saturated carbocycles. The van der Waals surface area contributed by atoms with Gasteiger partial charge in [0, 0.05) is 25.7 Å². The largest absolute Gasteiger partial charge is 0.444 e. The highest BCUT2D eigenvalue weighted by Crippen LogP contribution is 2.45. The molecule has 3 fully saturated rings.